The van der Waals surface area contributed by atoms with E-state index in [0.29, 0.717) is 13.1 Å². The fourth-order valence-electron chi connectivity index (χ4n) is 1.51. The Morgan fingerprint density at radius 1 is 1.44 bits per heavy atom. The average molecular weight is 232 g/mol. The number of hydrogen-bond donors (Lipinski definition) is 3. The van der Waals surface area contributed by atoms with E-state index in [-0.39, 0.29) is 12.5 Å². The molecule has 0 saturated heterocycles. The number of carboxylic acids is 1. The molecule has 0 rings (SSSR count). The van der Waals surface area contributed by atoms with E-state index in [1.807, 2.05) is 7.05 Å². The quantitative estimate of drug-likeness (QED) is 0.422. The van der Waals surface area contributed by atoms with Gasteiger partial charge in [-0.3, -0.25) is 4.79 Å². The summed E-state index contributed by atoms with van der Waals surface area (Å²) in [7, 11) is 1.87. The monoisotopic (exact) mass is 232 g/mol. The summed E-state index contributed by atoms with van der Waals surface area (Å²) in [5.74, 6) is -1.63. The Hall–Kier alpha value is -1.14. The molecule has 1 atom stereocenters. The minimum absolute atomic E-state index is 0.0581. The minimum Gasteiger partial charge on any atom is -0.548 e. The lowest BCUT2D eigenvalue weighted by atomic mass is 9.91. The van der Waals surface area contributed by atoms with Crippen molar-refractivity contribution in [2.45, 2.75) is 13.8 Å². The summed E-state index contributed by atoms with van der Waals surface area (Å²) in [4.78, 5) is 22.8. The smallest absolute Gasteiger partial charge is 0.231 e. The maximum atomic E-state index is 11.6. The lowest BCUT2D eigenvalue weighted by Gasteiger charge is -2.26. The third-order valence-corrected chi connectivity index (χ3v) is 2.29. The fourth-order valence-corrected chi connectivity index (χ4v) is 1.51. The maximum Gasteiger partial charge on any atom is 0.231 e. The summed E-state index contributed by atoms with van der Waals surface area (Å²) in [6, 6.07) is 0. The van der Waals surface area contributed by atoms with Crippen molar-refractivity contribution >= 4 is 11.9 Å². The maximum absolute atomic E-state index is 11.6. The second-order valence-corrected chi connectivity index (χ2v) is 4.55. The SMILES string of the molecule is C[NH+](CCO)CC(C)(C)C(=O)NCC(=O)[O-]. The number of amides is 1. The number of likely N-dealkylation sites (N-methyl/N-ethyl adjacent to an activating group) is 1. The molecule has 1 unspecified atom stereocenters. The number of carboxylic acid groups (broad SMARTS) is 1. The van der Waals surface area contributed by atoms with E-state index in [1.54, 1.807) is 13.8 Å². The first kappa shape index (κ1) is 14.9. The topological polar surface area (TPSA) is 93.9 Å². The standard InChI is InChI=1S/C10H20N2O4/c1-10(2,7-12(3)4-5-13)9(16)11-6-8(14)15/h13H,4-7H2,1-3H3,(H,11,16)(H,14,15). The molecule has 6 nitrogen and oxygen atoms in total. The van der Waals surface area contributed by atoms with E-state index in [2.05, 4.69) is 5.32 Å². The van der Waals surface area contributed by atoms with Gasteiger partial charge in [0.2, 0.25) is 5.91 Å². The molecule has 0 aromatic carbocycles. The van der Waals surface area contributed by atoms with Crippen LogP contribution in [0.5, 0.6) is 0 Å². The number of carbonyl (C=O) groups is 2. The zero-order chi connectivity index (χ0) is 12.8. The number of quaternary nitrogens is 1. The van der Waals surface area contributed by atoms with E-state index in [0.717, 1.165) is 4.90 Å². The number of rotatable bonds is 7. The number of carbonyl (C=O) groups excluding carboxylic acids is 2. The van der Waals surface area contributed by atoms with Gasteiger partial charge >= 0.3 is 0 Å². The summed E-state index contributed by atoms with van der Waals surface area (Å²) in [6.07, 6.45) is 0. The molecule has 0 heterocycles. The van der Waals surface area contributed by atoms with Crippen LogP contribution in [0, 0.1) is 5.41 Å². The van der Waals surface area contributed by atoms with Crippen molar-refractivity contribution in [2.24, 2.45) is 5.41 Å². The van der Waals surface area contributed by atoms with E-state index in [1.165, 1.54) is 0 Å². The molecule has 3 N–H and O–H groups in total. The molecule has 16 heavy (non-hydrogen) atoms. The Bertz CT molecular complexity index is 253. The summed E-state index contributed by atoms with van der Waals surface area (Å²) in [5.41, 5.74) is -0.672. The molecule has 0 fully saturated rings. The summed E-state index contributed by atoms with van der Waals surface area (Å²) >= 11 is 0. The molecule has 0 aliphatic rings. The third-order valence-electron chi connectivity index (χ3n) is 2.29. The van der Waals surface area contributed by atoms with Gasteiger partial charge in [-0.25, -0.2) is 0 Å². The Morgan fingerprint density at radius 2 is 2.00 bits per heavy atom. The molecule has 0 aromatic heterocycles. The molecular weight excluding hydrogens is 212 g/mol. The van der Waals surface area contributed by atoms with Crippen molar-refractivity contribution in [1.29, 1.82) is 0 Å². The lowest BCUT2D eigenvalue weighted by molar-refractivity contribution is -0.885. The first-order chi connectivity index (χ1) is 7.29. The third kappa shape index (κ3) is 5.67. The van der Waals surface area contributed by atoms with Gasteiger partial charge in [0.25, 0.3) is 0 Å². The van der Waals surface area contributed by atoms with Gasteiger partial charge in [0.15, 0.2) is 0 Å². The highest BCUT2D eigenvalue weighted by Gasteiger charge is 2.31. The van der Waals surface area contributed by atoms with Gasteiger partial charge < -0.3 is 25.2 Å². The van der Waals surface area contributed by atoms with Gasteiger partial charge in [-0.1, -0.05) is 0 Å². The van der Waals surface area contributed by atoms with Crippen LogP contribution in [0.3, 0.4) is 0 Å². The predicted molar refractivity (Wildman–Crippen MR) is 55.5 cm³/mol. The Kier molecular flexibility index (Phi) is 5.98. The Morgan fingerprint density at radius 3 is 2.44 bits per heavy atom. The number of aliphatic carboxylic acids is 1. The van der Waals surface area contributed by atoms with Crippen LogP contribution in [-0.2, 0) is 9.59 Å². The number of aliphatic hydroxyl groups is 1. The van der Waals surface area contributed by atoms with Crippen molar-refractivity contribution in [2.75, 3.05) is 33.3 Å². The molecule has 0 radical (unpaired) electrons. The summed E-state index contributed by atoms with van der Waals surface area (Å²) in [5, 5.41) is 21.2. The molecule has 94 valence electrons. The molecule has 0 aliphatic heterocycles. The average Bonchev–Trinajstić information content (AvgIpc) is 2.13. The van der Waals surface area contributed by atoms with Crippen molar-refractivity contribution in [3.8, 4) is 0 Å². The highest BCUT2D eigenvalue weighted by Crippen LogP contribution is 2.11. The van der Waals surface area contributed by atoms with E-state index in [9.17, 15) is 14.7 Å². The zero-order valence-electron chi connectivity index (χ0n) is 10.0. The van der Waals surface area contributed by atoms with Crippen LogP contribution in [0.4, 0.5) is 0 Å². The van der Waals surface area contributed by atoms with Crippen molar-refractivity contribution in [1.82, 2.24) is 5.32 Å². The predicted octanol–water partition coefficient (Wildman–Crippen LogP) is -3.61. The molecule has 6 heteroatoms. The van der Waals surface area contributed by atoms with E-state index < -0.39 is 17.9 Å². The van der Waals surface area contributed by atoms with Crippen LogP contribution >= 0.6 is 0 Å². The van der Waals surface area contributed by atoms with Gasteiger partial charge in [0.05, 0.1) is 38.1 Å². The van der Waals surface area contributed by atoms with Crippen LogP contribution in [-0.4, -0.2) is 50.3 Å². The van der Waals surface area contributed by atoms with Crippen LogP contribution in [0.15, 0.2) is 0 Å². The second-order valence-electron chi connectivity index (χ2n) is 4.55. The van der Waals surface area contributed by atoms with Crippen LogP contribution in [0.25, 0.3) is 0 Å². The molecule has 0 bridgehead atoms. The second kappa shape index (κ2) is 6.44. The normalized spacial score (nSPS) is 13.2. The van der Waals surface area contributed by atoms with Crippen molar-refractivity contribution in [3.63, 3.8) is 0 Å². The van der Waals surface area contributed by atoms with Gasteiger partial charge in [-0.05, 0) is 13.8 Å². The first-order valence-corrected chi connectivity index (χ1v) is 5.20. The molecular formula is C10H20N2O4. The van der Waals surface area contributed by atoms with E-state index in [4.69, 9.17) is 5.11 Å². The largest absolute Gasteiger partial charge is 0.548 e. The first-order valence-electron chi connectivity index (χ1n) is 5.20. The molecule has 0 saturated carbocycles. The molecule has 1 amide bonds. The van der Waals surface area contributed by atoms with Crippen LogP contribution in [0.1, 0.15) is 13.8 Å². The van der Waals surface area contributed by atoms with Gasteiger partial charge in [-0.15, -0.1) is 0 Å². The van der Waals surface area contributed by atoms with Crippen LogP contribution < -0.4 is 15.3 Å². The van der Waals surface area contributed by atoms with E-state index >= 15 is 0 Å². The molecule has 0 spiro atoms. The summed E-state index contributed by atoms with van der Waals surface area (Å²) < 4.78 is 0. The fraction of sp³-hybridized carbons (Fsp3) is 0.800. The molecule has 0 aliphatic carbocycles. The Labute approximate surface area is 95.2 Å². The molecule has 0 aromatic rings. The van der Waals surface area contributed by atoms with Crippen LogP contribution in [0.2, 0.25) is 0 Å². The number of hydrogen-bond acceptors (Lipinski definition) is 4. The van der Waals surface area contributed by atoms with Gasteiger partial charge in [0.1, 0.15) is 6.54 Å². The van der Waals surface area contributed by atoms with Gasteiger partial charge in [0, 0.05) is 0 Å². The Balaban J connectivity index is 4.19. The lowest BCUT2D eigenvalue weighted by Crippen LogP contribution is -3.11. The highest BCUT2D eigenvalue weighted by molar-refractivity contribution is 5.84. The number of nitrogens with one attached hydrogen (secondary N) is 2. The highest BCUT2D eigenvalue weighted by atomic mass is 16.4. The zero-order valence-corrected chi connectivity index (χ0v) is 10.0. The van der Waals surface area contributed by atoms with Crippen molar-refractivity contribution in [3.05, 3.63) is 0 Å². The van der Waals surface area contributed by atoms with Gasteiger partial charge in [-0.2, -0.15) is 0 Å². The minimum atomic E-state index is -1.31. The van der Waals surface area contributed by atoms with Crippen molar-refractivity contribution < 1.29 is 24.7 Å². The summed E-state index contributed by atoms with van der Waals surface area (Å²) in [6.45, 7) is 4.13. The number of aliphatic hydroxyl groups excluding tert-OH is 1.